The summed E-state index contributed by atoms with van der Waals surface area (Å²) in [5.74, 6) is 0.495. The van der Waals surface area contributed by atoms with Crippen molar-refractivity contribution in [1.29, 1.82) is 0 Å². The van der Waals surface area contributed by atoms with Crippen LogP contribution in [0.1, 0.15) is 24.8 Å². The van der Waals surface area contributed by atoms with E-state index in [9.17, 15) is 0 Å². The molecule has 1 unspecified atom stereocenters. The molecule has 0 saturated heterocycles. The molecular weight excluding hydrogens is 156 g/mol. The van der Waals surface area contributed by atoms with E-state index in [4.69, 9.17) is 0 Å². The first kappa shape index (κ1) is 8.31. The van der Waals surface area contributed by atoms with Crippen LogP contribution < -0.4 is 0 Å². The molecule has 0 bridgehead atoms. The van der Waals surface area contributed by atoms with E-state index < -0.39 is 0 Å². The highest BCUT2D eigenvalue weighted by Gasteiger charge is 2.07. The summed E-state index contributed by atoms with van der Waals surface area (Å²) in [6, 6.07) is 10.6. The molecule has 2 rings (SSSR count). The summed E-state index contributed by atoms with van der Waals surface area (Å²) in [4.78, 5) is 0. The Bertz CT molecular complexity index is 330. The molecule has 0 fully saturated rings. The van der Waals surface area contributed by atoms with Crippen LogP contribution in [0, 0.1) is 0 Å². The first-order valence-corrected chi connectivity index (χ1v) is 4.75. The van der Waals surface area contributed by atoms with E-state index in [2.05, 4.69) is 55.5 Å². The molecule has 0 aliphatic heterocycles. The maximum absolute atomic E-state index is 2.34. The lowest BCUT2D eigenvalue weighted by molar-refractivity contribution is 0.993. The fourth-order valence-corrected chi connectivity index (χ4v) is 1.71. The molecule has 0 aromatic heterocycles. The van der Waals surface area contributed by atoms with Gasteiger partial charge in [-0.15, -0.1) is 0 Å². The van der Waals surface area contributed by atoms with Crippen LogP contribution in [0.5, 0.6) is 0 Å². The molecule has 0 spiro atoms. The van der Waals surface area contributed by atoms with Gasteiger partial charge in [-0.2, -0.15) is 0 Å². The molecule has 0 nitrogen and oxygen atoms in total. The SMILES string of the molecule is CC1=CC(c2ccccc2)C=CC1. The fraction of sp³-hybridized carbons (Fsp3) is 0.231. The molecule has 1 atom stereocenters. The largest absolute Gasteiger partial charge is 0.0836 e. The molecule has 1 aliphatic carbocycles. The number of hydrogen-bond acceptors (Lipinski definition) is 0. The molecule has 1 aromatic carbocycles. The van der Waals surface area contributed by atoms with Gasteiger partial charge in [0.1, 0.15) is 0 Å². The molecule has 1 aliphatic rings. The lowest BCUT2D eigenvalue weighted by Crippen LogP contribution is -1.95. The first-order valence-electron chi connectivity index (χ1n) is 4.75. The van der Waals surface area contributed by atoms with E-state index in [1.807, 2.05) is 0 Å². The van der Waals surface area contributed by atoms with Crippen LogP contribution >= 0.6 is 0 Å². The third kappa shape index (κ3) is 1.89. The average Bonchev–Trinajstić information content (AvgIpc) is 2.19. The van der Waals surface area contributed by atoms with Crippen molar-refractivity contribution < 1.29 is 0 Å². The minimum Gasteiger partial charge on any atom is -0.0836 e. The number of rotatable bonds is 1. The van der Waals surface area contributed by atoms with Gasteiger partial charge in [0.15, 0.2) is 0 Å². The zero-order valence-electron chi connectivity index (χ0n) is 7.90. The molecule has 66 valence electrons. The zero-order chi connectivity index (χ0) is 9.10. The molecule has 0 saturated carbocycles. The van der Waals surface area contributed by atoms with E-state index in [0.29, 0.717) is 5.92 Å². The van der Waals surface area contributed by atoms with Crippen molar-refractivity contribution in [1.82, 2.24) is 0 Å². The van der Waals surface area contributed by atoms with E-state index in [1.54, 1.807) is 0 Å². The molecule has 0 radical (unpaired) electrons. The number of benzene rings is 1. The lowest BCUT2D eigenvalue weighted by atomic mass is 9.92. The minimum atomic E-state index is 0.495. The normalized spacial score (nSPS) is 21.3. The van der Waals surface area contributed by atoms with Crippen molar-refractivity contribution in [3.05, 3.63) is 59.7 Å². The molecule has 0 amide bonds. The van der Waals surface area contributed by atoms with Crippen molar-refractivity contribution >= 4 is 0 Å². The Balaban J connectivity index is 2.27. The predicted octanol–water partition coefficient (Wildman–Crippen LogP) is 3.68. The van der Waals surface area contributed by atoms with Gasteiger partial charge in [-0.3, -0.25) is 0 Å². The average molecular weight is 170 g/mol. The lowest BCUT2D eigenvalue weighted by Gasteiger charge is -2.13. The summed E-state index contributed by atoms with van der Waals surface area (Å²) in [6.07, 6.45) is 7.99. The third-order valence-corrected chi connectivity index (χ3v) is 2.43. The fourth-order valence-electron chi connectivity index (χ4n) is 1.71. The number of allylic oxidation sites excluding steroid dienone is 4. The Morgan fingerprint density at radius 2 is 1.92 bits per heavy atom. The van der Waals surface area contributed by atoms with E-state index in [1.165, 1.54) is 11.1 Å². The van der Waals surface area contributed by atoms with Crippen molar-refractivity contribution in [2.75, 3.05) is 0 Å². The van der Waals surface area contributed by atoms with Crippen molar-refractivity contribution in [2.45, 2.75) is 19.3 Å². The summed E-state index contributed by atoms with van der Waals surface area (Å²) in [7, 11) is 0. The topological polar surface area (TPSA) is 0 Å². The van der Waals surface area contributed by atoms with Crippen molar-refractivity contribution in [2.24, 2.45) is 0 Å². The summed E-state index contributed by atoms with van der Waals surface area (Å²) >= 11 is 0. The Morgan fingerprint density at radius 3 is 2.62 bits per heavy atom. The van der Waals surface area contributed by atoms with Crippen LogP contribution in [-0.4, -0.2) is 0 Å². The summed E-state index contributed by atoms with van der Waals surface area (Å²) in [5, 5.41) is 0. The van der Waals surface area contributed by atoms with Gasteiger partial charge in [0, 0.05) is 5.92 Å². The van der Waals surface area contributed by atoms with Crippen LogP contribution in [0.25, 0.3) is 0 Å². The van der Waals surface area contributed by atoms with Crippen LogP contribution in [0.4, 0.5) is 0 Å². The minimum absolute atomic E-state index is 0.495. The quantitative estimate of drug-likeness (QED) is 0.564. The predicted molar refractivity (Wildman–Crippen MR) is 56.7 cm³/mol. The van der Waals surface area contributed by atoms with E-state index >= 15 is 0 Å². The molecule has 0 heteroatoms. The van der Waals surface area contributed by atoms with Crippen molar-refractivity contribution in [3.8, 4) is 0 Å². The highest BCUT2D eigenvalue weighted by molar-refractivity contribution is 5.32. The van der Waals surface area contributed by atoms with Gasteiger partial charge in [0.05, 0.1) is 0 Å². The molecule has 13 heavy (non-hydrogen) atoms. The van der Waals surface area contributed by atoms with Crippen molar-refractivity contribution in [3.63, 3.8) is 0 Å². The Labute approximate surface area is 79.6 Å². The molecule has 0 N–H and O–H groups in total. The summed E-state index contributed by atoms with van der Waals surface area (Å²) in [5.41, 5.74) is 2.86. The standard InChI is InChI=1S/C13H14/c1-11-6-5-9-13(10-11)12-7-3-2-4-8-12/h2-5,7-10,13H,6H2,1H3. The monoisotopic (exact) mass is 170 g/mol. The van der Waals surface area contributed by atoms with E-state index in [0.717, 1.165) is 6.42 Å². The highest BCUT2D eigenvalue weighted by atomic mass is 14.1. The van der Waals surface area contributed by atoms with Crippen LogP contribution in [0.3, 0.4) is 0 Å². The van der Waals surface area contributed by atoms with Crippen LogP contribution in [-0.2, 0) is 0 Å². The maximum Gasteiger partial charge on any atom is 0.0201 e. The summed E-state index contributed by atoms with van der Waals surface area (Å²) in [6.45, 7) is 2.19. The molecule has 1 aromatic rings. The third-order valence-electron chi connectivity index (χ3n) is 2.43. The van der Waals surface area contributed by atoms with Gasteiger partial charge in [0.25, 0.3) is 0 Å². The second kappa shape index (κ2) is 3.61. The summed E-state index contributed by atoms with van der Waals surface area (Å²) < 4.78 is 0. The number of hydrogen-bond donors (Lipinski definition) is 0. The Kier molecular flexibility index (Phi) is 2.31. The Morgan fingerprint density at radius 1 is 1.15 bits per heavy atom. The van der Waals surface area contributed by atoms with E-state index in [-0.39, 0.29) is 0 Å². The molecule has 0 heterocycles. The first-order chi connectivity index (χ1) is 6.36. The smallest absolute Gasteiger partial charge is 0.0201 e. The van der Waals surface area contributed by atoms with Gasteiger partial charge in [0.2, 0.25) is 0 Å². The Hall–Kier alpha value is -1.30. The van der Waals surface area contributed by atoms with Gasteiger partial charge in [-0.1, -0.05) is 54.1 Å². The van der Waals surface area contributed by atoms with Gasteiger partial charge >= 0.3 is 0 Å². The second-order valence-corrected chi connectivity index (χ2v) is 3.58. The molecular formula is C13H14. The van der Waals surface area contributed by atoms with Gasteiger partial charge in [-0.25, -0.2) is 0 Å². The maximum atomic E-state index is 2.34. The second-order valence-electron chi connectivity index (χ2n) is 3.58. The van der Waals surface area contributed by atoms with Crippen LogP contribution in [0.15, 0.2) is 54.1 Å². The van der Waals surface area contributed by atoms with Gasteiger partial charge in [-0.05, 0) is 18.9 Å². The zero-order valence-corrected chi connectivity index (χ0v) is 7.90. The highest BCUT2D eigenvalue weighted by Crippen LogP contribution is 2.25. The van der Waals surface area contributed by atoms with Crippen LogP contribution in [0.2, 0.25) is 0 Å². The van der Waals surface area contributed by atoms with Gasteiger partial charge < -0.3 is 0 Å².